The predicted octanol–water partition coefficient (Wildman–Crippen LogP) is 2.47. The molecule has 0 aromatic carbocycles. The molecule has 7 heteroatoms. The first-order valence-electron chi connectivity index (χ1n) is 5.20. The second-order valence-corrected chi connectivity index (χ2v) is 3.45. The number of alkyl halides is 3. The summed E-state index contributed by atoms with van der Waals surface area (Å²) >= 11 is 0. The summed E-state index contributed by atoms with van der Waals surface area (Å²) in [6.45, 7) is 1.87. The lowest BCUT2D eigenvalue weighted by atomic mass is 10.1. The molecule has 0 aliphatic heterocycles. The highest BCUT2D eigenvalue weighted by Crippen LogP contribution is 2.22. The van der Waals surface area contributed by atoms with E-state index in [1.165, 1.54) is 6.20 Å². The van der Waals surface area contributed by atoms with E-state index >= 15 is 0 Å². The van der Waals surface area contributed by atoms with Crippen LogP contribution in [0.4, 0.5) is 13.2 Å². The van der Waals surface area contributed by atoms with Gasteiger partial charge in [-0.15, -0.1) is 0 Å². The van der Waals surface area contributed by atoms with Crippen LogP contribution in [0.25, 0.3) is 0 Å². The topological polar surface area (TPSA) is 55.0 Å². The van der Waals surface area contributed by atoms with Crippen LogP contribution in [0.1, 0.15) is 35.8 Å². The number of nitrogens with one attached hydrogen (secondary N) is 1. The molecule has 1 N–H and O–H groups in total. The Morgan fingerprint density at radius 1 is 1.53 bits per heavy atom. The first-order valence-corrected chi connectivity index (χ1v) is 5.20. The summed E-state index contributed by atoms with van der Waals surface area (Å²) in [6.07, 6.45) is -3.76. The quantitative estimate of drug-likeness (QED) is 0.817. The summed E-state index contributed by atoms with van der Waals surface area (Å²) < 4.78 is 40.6. The van der Waals surface area contributed by atoms with Crippen LogP contribution in [-0.4, -0.2) is 28.9 Å². The van der Waals surface area contributed by atoms with Gasteiger partial charge in [0, 0.05) is 12.1 Å². The normalized spacial score (nSPS) is 11.5. The fourth-order valence-electron chi connectivity index (χ4n) is 1.35. The first kappa shape index (κ1) is 13.5. The monoisotopic (exact) mass is 250 g/mol. The van der Waals surface area contributed by atoms with Gasteiger partial charge in [-0.1, -0.05) is 0 Å². The van der Waals surface area contributed by atoms with E-state index in [-0.39, 0.29) is 25.0 Å². The fraction of sp³-hybridized carbons (Fsp3) is 0.600. The van der Waals surface area contributed by atoms with Crippen molar-refractivity contribution in [2.75, 3.05) is 6.61 Å². The number of aromatic nitrogens is 2. The van der Waals surface area contributed by atoms with Crippen molar-refractivity contribution >= 4 is 5.97 Å². The molecule has 0 aliphatic rings. The maximum atomic E-state index is 11.9. The zero-order valence-electron chi connectivity index (χ0n) is 9.30. The molecule has 0 unspecified atom stereocenters. The highest BCUT2D eigenvalue weighted by atomic mass is 19.4. The average Bonchev–Trinajstić information content (AvgIpc) is 2.64. The highest BCUT2D eigenvalue weighted by molar-refractivity contribution is 5.90. The van der Waals surface area contributed by atoms with Gasteiger partial charge in [-0.05, 0) is 19.8 Å². The van der Waals surface area contributed by atoms with E-state index in [1.54, 1.807) is 6.92 Å². The number of nitrogens with zero attached hydrogens (tertiary/aromatic N) is 1. The molecule has 1 aromatic rings. The fourth-order valence-corrected chi connectivity index (χ4v) is 1.35. The number of hydrogen-bond donors (Lipinski definition) is 1. The summed E-state index contributed by atoms with van der Waals surface area (Å²) in [7, 11) is 0. The number of hydrogen-bond acceptors (Lipinski definition) is 3. The molecule has 96 valence electrons. The Bertz CT molecular complexity index is 374. The average molecular weight is 250 g/mol. The molecule has 17 heavy (non-hydrogen) atoms. The van der Waals surface area contributed by atoms with Crippen molar-refractivity contribution in [2.24, 2.45) is 0 Å². The lowest BCUT2D eigenvalue weighted by Crippen LogP contribution is -2.09. The van der Waals surface area contributed by atoms with Crippen molar-refractivity contribution in [2.45, 2.75) is 32.4 Å². The van der Waals surface area contributed by atoms with Crippen molar-refractivity contribution in [3.05, 3.63) is 17.5 Å². The number of aromatic amines is 1. The van der Waals surface area contributed by atoms with Crippen molar-refractivity contribution in [3.63, 3.8) is 0 Å². The lowest BCUT2D eigenvalue weighted by Gasteiger charge is -2.06. The van der Waals surface area contributed by atoms with Gasteiger partial charge in [-0.25, -0.2) is 4.79 Å². The van der Waals surface area contributed by atoms with Crippen LogP contribution in [0.3, 0.4) is 0 Å². The van der Waals surface area contributed by atoms with Gasteiger partial charge in [-0.3, -0.25) is 5.10 Å². The molecule has 0 radical (unpaired) electrons. The number of ether oxygens (including phenoxy) is 1. The van der Waals surface area contributed by atoms with E-state index < -0.39 is 18.6 Å². The molecule has 1 aromatic heterocycles. The number of H-pyrrole nitrogens is 1. The third-order valence-electron chi connectivity index (χ3n) is 2.10. The summed E-state index contributed by atoms with van der Waals surface area (Å²) in [4.78, 5) is 11.4. The molecular weight excluding hydrogens is 237 g/mol. The van der Waals surface area contributed by atoms with Gasteiger partial charge in [0.25, 0.3) is 0 Å². The number of rotatable bonds is 5. The number of aryl methyl sites for hydroxylation is 1. The molecule has 4 nitrogen and oxygen atoms in total. The Hall–Kier alpha value is -1.53. The minimum absolute atomic E-state index is 0.0852. The SMILES string of the molecule is CCOC(=O)c1cn[nH]c1CCCC(F)(F)F. The van der Waals surface area contributed by atoms with Crippen LogP contribution in [0, 0.1) is 0 Å². The predicted molar refractivity (Wildman–Crippen MR) is 53.5 cm³/mol. The Kier molecular flexibility index (Phi) is 4.53. The van der Waals surface area contributed by atoms with Gasteiger partial charge in [0.2, 0.25) is 0 Å². The number of carbonyl (C=O) groups excluding carboxylic acids is 1. The van der Waals surface area contributed by atoms with Crippen LogP contribution >= 0.6 is 0 Å². The van der Waals surface area contributed by atoms with Gasteiger partial charge < -0.3 is 4.74 Å². The molecule has 0 spiro atoms. The van der Waals surface area contributed by atoms with E-state index in [9.17, 15) is 18.0 Å². The van der Waals surface area contributed by atoms with E-state index in [2.05, 4.69) is 10.2 Å². The summed E-state index contributed by atoms with van der Waals surface area (Å²) in [5, 5.41) is 6.15. The van der Waals surface area contributed by atoms with Gasteiger partial charge in [0.1, 0.15) is 5.56 Å². The standard InChI is InChI=1S/C10H13F3N2O2/c1-2-17-9(16)7-6-14-15-8(7)4-3-5-10(11,12)13/h6H,2-5H2,1H3,(H,14,15). The van der Waals surface area contributed by atoms with Crippen LogP contribution in [0.15, 0.2) is 6.20 Å². The molecule has 1 heterocycles. The zero-order chi connectivity index (χ0) is 12.9. The Morgan fingerprint density at radius 2 is 2.24 bits per heavy atom. The molecule has 0 bridgehead atoms. The Balaban J connectivity index is 2.54. The van der Waals surface area contributed by atoms with Crippen molar-refractivity contribution in [1.29, 1.82) is 0 Å². The van der Waals surface area contributed by atoms with Crippen molar-refractivity contribution in [1.82, 2.24) is 10.2 Å². The molecular formula is C10H13F3N2O2. The van der Waals surface area contributed by atoms with Gasteiger partial charge >= 0.3 is 12.1 Å². The molecule has 0 amide bonds. The Labute approximate surface area is 96.2 Å². The minimum Gasteiger partial charge on any atom is -0.462 e. The van der Waals surface area contributed by atoms with Crippen LogP contribution in [0.2, 0.25) is 0 Å². The zero-order valence-corrected chi connectivity index (χ0v) is 9.30. The molecule has 0 atom stereocenters. The van der Waals surface area contributed by atoms with Crippen molar-refractivity contribution in [3.8, 4) is 0 Å². The van der Waals surface area contributed by atoms with E-state index in [0.29, 0.717) is 5.69 Å². The number of halogens is 3. The molecule has 0 saturated heterocycles. The second-order valence-electron chi connectivity index (χ2n) is 3.45. The first-order chi connectivity index (χ1) is 7.94. The maximum Gasteiger partial charge on any atom is 0.389 e. The summed E-state index contributed by atoms with van der Waals surface area (Å²) in [5.41, 5.74) is 0.585. The molecule has 0 aliphatic carbocycles. The minimum atomic E-state index is -4.18. The summed E-state index contributed by atoms with van der Waals surface area (Å²) in [6, 6.07) is 0. The lowest BCUT2D eigenvalue weighted by molar-refractivity contribution is -0.135. The van der Waals surface area contributed by atoms with Gasteiger partial charge in [0.15, 0.2) is 0 Å². The van der Waals surface area contributed by atoms with Crippen molar-refractivity contribution < 1.29 is 22.7 Å². The summed E-state index contributed by atoms with van der Waals surface area (Å²) in [5.74, 6) is -0.566. The van der Waals surface area contributed by atoms with E-state index in [1.807, 2.05) is 0 Å². The van der Waals surface area contributed by atoms with E-state index in [4.69, 9.17) is 4.74 Å². The molecule has 0 fully saturated rings. The smallest absolute Gasteiger partial charge is 0.389 e. The Morgan fingerprint density at radius 3 is 2.82 bits per heavy atom. The van der Waals surface area contributed by atoms with Crippen LogP contribution in [0.5, 0.6) is 0 Å². The number of esters is 1. The largest absolute Gasteiger partial charge is 0.462 e. The highest BCUT2D eigenvalue weighted by Gasteiger charge is 2.26. The van der Waals surface area contributed by atoms with Crippen LogP contribution < -0.4 is 0 Å². The van der Waals surface area contributed by atoms with Crippen LogP contribution in [-0.2, 0) is 11.2 Å². The third-order valence-corrected chi connectivity index (χ3v) is 2.10. The molecule has 0 saturated carbocycles. The number of carbonyl (C=O) groups is 1. The maximum absolute atomic E-state index is 11.9. The third kappa shape index (κ3) is 4.46. The molecule has 1 rings (SSSR count). The van der Waals surface area contributed by atoms with Gasteiger partial charge in [-0.2, -0.15) is 18.3 Å². The second kappa shape index (κ2) is 5.70. The van der Waals surface area contributed by atoms with E-state index in [0.717, 1.165) is 0 Å². The van der Waals surface area contributed by atoms with Gasteiger partial charge in [0.05, 0.1) is 12.8 Å².